The molecule has 0 aromatic carbocycles. The fourth-order valence-electron chi connectivity index (χ4n) is 0.802. The van der Waals surface area contributed by atoms with E-state index in [1.54, 1.807) is 0 Å². The monoisotopic (exact) mass is 208 g/mol. The minimum absolute atomic E-state index is 0.328. The molecule has 0 aromatic heterocycles. The molecule has 0 aliphatic heterocycles. The summed E-state index contributed by atoms with van der Waals surface area (Å²) in [5.74, 6) is -1.25. The minimum atomic E-state index is -3.57. The molecule has 0 N–H and O–H groups in total. The summed E-state index contributed by atoms with van der Waals surface area (Å²) in [6.45, 7) is 1.22. The Bertz CT molecular complexity index is 303. The highest BCUT2D eigenvalue weighted by Crippen LogP contribution is 2.07. The van der Waals surface area contributed by atoms with Gasteiger partial charge in [-0.3, -0.25) is 9.59 Å². The third-order valence-electron chi connectivity index (χ3n) is 1.45. The van der Waals surface area contributed by atoms with E-state index in [1.165, 1.54) is 6.92 Å². The van der Waals surface area contributed by atoms with Crippen molar-refractivity contribution in [2.24, 2.45) is 0 Å². The van der Waals surface area contributed by atoms with E-state index in [0.717, 1.165) is 13.4 Å². The molecule has 5 nitrogen and oxygen atoms in total. The molecule has 0 rings (SSSR count). The highest BCUT2D eigenvalue weighted by Gasteiger charge is 2.30. The van der Waals surface area contributed by atoms with E-state index in [-0.39, 0.29) is 12.2 Å². The van der Waals surface area contributed by atoms with Crippen LogP contribution >= 0.6 is 0 Å². The fourth-order valence-corrected chi connectivity index (χ4v) is 1.79. The first-order chi connectivity index (χ1) is 5.79. The van der Waals surface area contributed by atoms with E-state index in [1.807, 2.05) is 0 Å². The molecule has 0 saturated heterocycles. The Morgan fingerprint density at radius 3 is 2.08 bits per heavy atom. The number of esters is 1. The standard InChI is InChI=1S/C7H12O5S/c1-5(8)4-6(7(9)12-2)13(3,10)11/h6H,4H2,1-3H3. The van der Waals surface area contributed by atoms with Crippen LogP contribution in [0.15, 0.2) is 0 Å². The first kappa shape index (κ1) is 12.1. The first-order valence-electron chi connectivity index (χ1n) is 3.55. The minimum Gasteiger partial charge on any atom is -0.468 e. The Hall–Kier alpha value is -0.910. The summed E-state index contributed by atoms with van der Waals surface area (Å²) in [6.07, 6.45) is 0.572. The molecule has 0 fully saturated rings. The van der Waals surface area contributed by atoms with Crippen molar-refractivity contribution in [3.05, 3.63) is 0 Å². The van der Waals surface area contributed by atoms with Crippen molar-refractivity contribution in [2.45, 2.75) is 18.6 Å². The van der Waals surface area contributed by atoms with Gasteiger partial charge in [-0.05, 0) is 6.92 Å². The summed E-state index contributed by atoms with van der Waals surface area (Å²) in [7, 11) is -2.48. The number of rotatable bonds is 4. The summed E-state index contributed by atoms with van der Waals surface area (Å²) in [5.41, 5.74) is 0. The first-order valence-corrected chi connectivity index (χ1v) is 5.50. The maximum atomic E-state index is 11.0. The summed E-state index contributed by atoms with van der Waals surface area (Å²) >= 11 is 0. The lowest BCUT2D eigenvalue weighted by molar-refractivity contribution is -0.141. The molecule has 6 heteroatoms. The van der Waals surface area contributed by atoms with E-state index in [2.05, 4.69) is 4.74 Å². The van der Waals surface area contributed by atoms with Crippen LogP contribution in [-0.4, -0.2) is 38.8 Å². The number of Topliss-reactive ketones (excluding diaryl/α,β-unsaturated/α-hetero) is 1. The number of ether oxygens (including phenoxy) is 1. The second kappa shape index (κ2) is 4.36. The molecule has 1 unspecified atom stereocenters. The van der Waals surface area contributed by atoms with E-state index in [0.29, 0.717) is 0 Å². The van der Waals surface area contributed by atoms with Gasteiger partial charge in [-0.2, -0.15) is 0 Å². The van der Waals surface area contributed by atoms with Gasteiger partial charge in [0.05, 0.1) is 7.11 Å². The van der Waals surface area contributed by atoms with Gasteiger partial charge in [-0.15, -0.1) is 0 Å². The topological polar surface area (TPSA) is 77.5 Å². The van der Waals surface area contributed by atoms with Crippen LogP contribution in [0.1, 0.15) is 13.3 Å². The van der Waals surface area contributed by atoms with Gasteiger partial charge in [0.15, 0.2) is 15.1 Å². The van der Waals surface area contributed by atoms with Crippen molar-refractivity contribution in [2.75, 3.05) is 13.4 Å². The molecule has 0 heterocycles. The van der Waals surface area contributed by atoms with Crippen molar-refractivity contribution >= 4 is 21.6 Å². The number of ketones is 1. The van der Waals surface area contributed by atoms with Gasteiger partial charge in [0.2, 0.25) is 0 Å². The molecule has 76 valence electrons. The van der Waals surface area contributed by atoms with Gasteiger partial charge in [-0.1, -0.05) is 0 Å². The Balaban J connectivity index is 4.77. The van der Waals surface area contributed by atoms with Crippen LogP contribution in [0.3, 0.4) is 0 Å². The summed E-state index contributed by atoms with van der Waals surface area (Å²) in [6, 6.07) is 0. The quantitative estimate of drug-likeness (QED) is 0.585. The largest absolute Gasteiger partial charge is 0.468 e. The molecule has 0 radical (unpaired) electrons. The van der Waals surface area contributed by atoms with Crippen molar-refractivity contribution < 1.29 is 22.7 Å². The SMILES string of the molecule is COC(=O)C(CC(C)=O)S(C)(=O)=O. The van der Waals surface area contributed by atoms with Crippen LogP contribution in [0.25, 0.3) is 0 Å². The molecular weight excluding hydrogens is 196 g/mol. The van der Waals surface area contributed by atoms with Crippen molar-refractivity contribution in [1.82, 2.24) is 0 Å². The zero-order chi connectivity index (χ0) is 10.6. The molecule has 0 amide bonds. The molecule has 0 aliphatic rings. The molecule has 0 saturated carbocycles. The number of sulfone groups is 1. The number of carbonyl (C=O) groups excluding carboxylic acids is 2. The average Bonchev–Trinajstić information content (AvgIpc) is 1.96. The van der Waals surface area contributed by atoms with Crippen LogP contribution in [0.5, 0.6) is 0 Å². The van der Waals surface area contributed by atoms with E-state index in [9.17, 15) is 18.0 Å². The highest BCUT2D eigenvalue weighted by atomic mass is 32.2. The Kier molecular flexibility index (Phi) is 4.06. The normalized spacial score (nSPS) is 13.5. The van der Waals surface area contributed by atoms with Gasteiger partial charge in [0.25, 0.3) is 0 Å². The van der Waals surface area contributed by atoms with E-state index >= 15 is 0 Å². The van der Waals surface area contributed by atoms with Gasteiger partial charge in [-0.25, -0.2) is 8.42 Å². The lowest BCUT2D eigenvalue weighted by atomic mass is 10.2. The second-order valence-corrected chi connectivity index (χ2v) is 4.98. The number of methoxy groups -OCH3 is 1. The van der Waals surface area contributed by atoms with Gasteiger partial charge < -0.3 is 4.74 Å². The predicted octanol–water partition coefficient (Wildman–Crippen LogP) is -0.448. The van der Waals surface area contributed by atoms with Gasteiger partial charge >= 0.3 is 5.97 Å². The zero-order valence-electron chi connectivity index (χ0n) is 7.73. The average molecular weight is 208 g/mol. The van der Waals surface area contributed by atoms with E-state index in [4.69, 9.17) is 0 Å². The van der Waals surface area contributed by atoms with Crippen LogP contribution in [-0.2, 0) is 24.2 Å². The van der Waals surface area contributed by atoms with Crippen molar-refractivity contribution in [3.8, 4) is 0 Å². The lowest BCUT2D eigenvalue weighted by Crippen LogP contribution is -2.32. The highest BCUT2D eigenvalue weighted by molar-refractivity contribution is 7.92. The van der Waals surface area contributed by atoms with Crippen molar-refractivity contribution in [3.63, 3.8) is 0 Å². The van der Waals surface area contributed by atoms with Crippen LogP contribution < -0.4 is 0 Å². The number of hydrogen-bond donors (Lipinski definition) is 0. The molecule has 0 bridgehead atoms. The maximum Gasteiger partial charge on any atom is 0.324 e. The van der Waals surface area contributed by atoms with Crippen LogP contribution in [0.2, 0.25) is 0 Å². The van der Waals surface area contributed by atoms with Crippen LogP contribution in [0.4, 0.5) is 0 Å². The lowest BCUT2D eigenvalue weighted by Gasteiger charge is -2.09. The maximum absolute atomic E-state index is 11.0. The Morgan fingerprint density at radius 1 is 1.38 bits per heavy atom. The second-order valence-electron chi connectivity index (χ2n) is 2.75. The smallest absolute Gasteiger partial charge is 0.324 e. The number of carbonyl (C=O) groups is 2. The van der Waals surface area contributed by atoms with Crippen molar-refractivity contribution in [1.29, 1.82) is 0 Å². The molecule has 13 heavy (non-hydrogen) atoms. The number of hydrogen-bond acceptors (Lipinski definition) is 5. The van der Waals surface area contributed by atoms with Gasteiger partial charge in [0, 0.05) is 12.7 Å². The molecular formula is C7H12O5S. The summed E-state index contributed by atoms with van der Waals surface area (Å²) < 4.78 is 26.3. The molecule has 0 aromatic rings. The third-order valence-corrected chi connectivity index (χ3v) is 2.85. The Morgan fingerprint density at radius 2 is 1.85 bits per heavy atom. The van der Waals surface area contributed by atoms with E-state index < -0.39 is 21.1 Å². The van der Waals surface area contributed by atoms with Crippen LogP contribution in [0, 0.1) is 0 Å². The van der Waals surface area contributed by atoms with Gasteiger partial charge in [0.1, 0.15) is 5.78 Å². The fraction of sp³-hybridized carbons (Fsp3) is 0.714. The summed E-state index contributed by atoms with van der Waals surface area (Å²) in [5, 5.41) is -1.37. The third kappa shape index (κ3) is 4.02. The predicted molar refractivity (Wildman–Crippen MR) is 45.9 cm³/mol. The summed E-state index contributed by atoms with van der Waals surface area (Å²) in [4.78, 5) is 21.6. The molecule has 0 spiro atoms. The molecule has 0 aliphatic carbocycles. The molecule has 1 atom stereocenters. The Labute approximate surface area is 77.0 Å². The zero-order valence-corrected chi connectivity index (χ0v) is 8.55.